The largest absolute Gasteiger partial charge is 0.380 e. The maximum atomic E-state index is 6.11. The number of nitrogens with one attached hydrogen (secondary N) is 1. The highest BCUT2D eigenvalue weighted by Crippen LogP contribution is 2.27. The number of nitrogens with two attached hydrogens (primary N) is 1. The van der Waals surface area contributed by atoms with Crippen molar-refractivity contribution in [1.29, 1.82) is 0 Å². The summed E-state index contributed by atoms with van der Waals surface area (Å²) in [6.07, 6.45) is 0. The Morgan fingerprint density at radius 3 is 2.52 bits per heavy atom. The van der Waals surface area contributed by atoms with Gasteiger partial charge in [-0.25, -0.2) is 0 Å². The lowest BCUT2D eigenvalue weighted by molar-refractivity contribution is 0.185. The third-order valence-corrected chi connectivity index (χ3v) is 4.42. The van der Waals surface area contributed by atoms with Gasteiger partial charge in [-0.2, -0.15) is 0 Å². The number of halogens is 2. The van der Waals surface area contributed by atoms with Crippen LogP contribution in [0.3, 0.4) is 0 Å². The molecule has 0 radical (unpaired) electrons. The molecule has 2 rings (SSSR count). The minimum atomic E-state index is 0.0406. The zero-order valence-corrected chi connectivity index (χ0v) is 14.1. The molecule has 0 fully saturated rings. The lowest BCUT2D eigenvalue weighted by Crippen LogP contribution is -2.20. The Labute approximate surface area is 138 Å². The highest BCUT2D eigenvalue weighted by Gasteiger charge is 2.10. The quantitative estimate of drug-likeness (QED) is 0.795. The van der Waals surface area contributed by atoms with Crippen molar-refractivity contribution in [2.45, 2.75) is 12.6 Å². The number of hydrogen-bond donors (Lipinski definition) is 2. The minimum absolute atomic E-state index is 0.0406. The van der Waals surface area contributed by atoms with E-state index in [0.717, 1.165) is 21.3 Å². The van der Waals surface area contributed by atoms with Gasteiger partial charge in [0.2, 0.25) is 0 Å². The van der Waals surface area contributed by atoms with E-state index in [4.69, 9.17) is 22.1 Å². The Morgan fingerprint density at radius 1 is 1.24 bits per heavy atom. The molecule has 0 amide bonds. The fourth-order valence-electron chi connectivity index (χ4n) is 2.08. The average molecular weight is 370 g/mol. The van der Waals surface area contributed by atoms with Gasteiger partial charge in [0.05, 0.1) is 17.7 Å². The Morgan fingerprint density at radius 2 is 1.95 bits per heavy atom. The third kappa shape index (κ3) is 4.45. The second kappa shape index (κ2) is 7.80. The van der Waals surface area contributed by atoms with E-state index >= 15 is 0 Å². The van der Waals surface area contributed by atoms with Gasteiger partial charge in [0.25, 0.3) is 0 Å². The second-order valence-corrected chi connectivity index (χ2v) is 6.00. The van der Waals surface area contributed by atoms with E-state index in [1.54, 1.807) is 7.11 Å². The van der Waals surface area contributed by atoms with Crippen molar-refractivity contribution < 1.29 is 4.74 Å². The van der Waals surface area contributed by atoms with E-state index in [2.05, 4.69) is 45.5 Å². The van der Waals surface area contributed by atoms with E-state index in [9.17, 15) is 0 Å². The van der Waals surface area contributed by atoms with Crippen LogP contribution >= 0.6 is 27.5 Å². The van der Waals surface area contributed by atoms with Crippen LogP contribution in [0, 0.1) is 0 Å². The molecule has 3 nitrogen and oxygen atoms in total. The summed E-state index contributed by atoms with van der Waals surface area (Å²) >= 11 is 9.49. The zero-order chi connectivity index (χ0) is 15.2. The first-order chi connectivity index (χ1) is 10.1. The fraction of sp³-hybridized carbons (Fsp3) is 0.250. The van der Waals surface area contributed by atoms with E-state index in [0.29, 0.717) is 18.2 Å². The molecular formula is C16H18BrClN2O. The smallest absolute Gasteiger partial charge is 0.0713 e. The van der Waals surface area contributed by atoms with Crippen molar-refractivity contribution in [2.75, 3.05) is 19.0 Å². The first kappa shape index (κ1) is 16.3. The summed E-state index contributed by atoms with van der Waals surface area (Å²) in [5.74, 6) is 0. The summed E-state index contributed by atoms with van der Waals surface area (Å²) in [7, 11) is 1.69. The number of hydrogen-bond acceptors (Lipinski definition) is 3. The normalized spacial score (nSPS) is 12.2. The summed E-state index contributed by atoms with van der Waals surface area (Å²) in [6, 6.07) is 14.1. The van der Waals surface area contributed by atoms with Gasteiger partial charge in [-0.15, -0.1) is 0 Å². The Hall–Kier alpha value is -1.07. The number of benzene rings is 2. The van der Waals surface area contributed by atoms with E-state index in [-0.39, 0.29) is 6.04 Å². The molecule has 1 unspecified atom stereocenters. The van der Waals surface area contributed by atoms with Gasteiger partial charge in [0, 0.05) is 23.8 Å². The van der Waals surface area contributed by atoms with Crippen molar-refractivity contribution in [3.63, 3.8) is 0 Å². The predicted molar refractivity (Wildman–Crippen MR) is 91.7 cm³/mol. The number of anilines is 1. The lowest BCUT2D eigenvalue weighted by Gasteiger charge is -2.19. The molecule has 0 aliphatic rings. The molecule has 0 aromatic heterocycles. The average Bonchev–Trinajstić information content (AvgIpc) is 2.50. The SMILES string of the molecule is COCc1ccc(C(CN)Nc2ccc(Br)c(Cl)c2)cc1. The maximum Gasteiger partial charge on any atom is 0.0713 e. The van der Waals surface area contributed by atoms with Crippen LogP contribution < -0.4 is 11.1 Å². The standard InChI is InChI=1S/C16H18BrClN2O/c1-21-10-11-2-4-12(5-3-11)16(9-19)20-13-6-7-14(17)15(18)8-13/h2-8,16,20H,9-10,19H2,1H3. The molecule has 0 bridgehead atoms. The maximum absolute atomic E-state index is 6.11. The fourth-order valence-corrected chi connectivity index (χ4v) is 2.51. The predicted octanol–water partition coefficient (Wildman–Crippen LogP) is 4.36. The van der Waals surface area contributed by atoms with Crippen molar-refractivity contribution in [2.24, 2.45) is 5.73 Å². The monoisotopic (exact) mass is 368 g/mol. The van der Waals surface area contributed by atoms with Gasteiger partial charge in [-0.05, 0) is 45.3 Å². The summed E-state index contributed by atoms with van der Waals surface area (Å²) in [5.41, 5.74) is 9.11. The van der Waals surface area contributed by atoms with Crippen molar-refractivity contribution in [3.8, 4) is 0 Å². The van der Waals surface area contributed by atoms with Crippen LogP contribution in [0.25, 0.3) is 0 Å². The van der Waals surface area contributed by atoms with Gasteiger partial charge >= 0.3 is 0 Å². The molecule has 0 saturated heterocycles. The van der Waals surface area contributed by atoms with Crippen molar-refractivity contribution in [1.82, 2.24) is 0 Å². The van der Waals surface area contributed by atoms with Crippen LogP contribution in [0.5, 0.6) is 0 Å². The van der Waals surface area contributed by atoms with E-state index in [1.807, 2.05) is 18.2 Å². The molecule has 2 aromatic rings. The topological polar surface area (TPSA) is 47.3 Å². The number of ether oxygens (including phenoxy) is 1. The van der Waals surface area contributed by atoms with Crippen LogP contribution in [0.15, 0.2) is 46.9 Å². The molecule has 112 valence electrons. The molecule has 0 aliphatic carbocycles. The Bertz CT molecular complexity index is 589. The van der Waals surface area contributed by atoms with Crippen LogP contribution in [-0.4, -0.2) is 13.7 Å². The summed E-state index contributed by atoms with van der Waals surface area (Å²) in [6.45, 7) is 1.11. The highest BCUT2D eigenvalue weighted by molar-refractivity contribution is 9.10. The van der Waals surface area contributed by atoms with Crippen molar-refractivity contribution >= 4 is 33.2 Å². The van der Waals surface area contributed by atoms with Gasteiger partial charge in [-0.3, -0.25) is 0 Å². The van der Waals surface area contributed by atoms with E-state index < -0.39 is 0 Å². The summed E-state index contributed by atoms with van der Waals surface area (Å²) in [5, 5.41) is 4.08. The molecule has 0 spiro atoms. The summed E-state index contributed by atoms with van der Waals surface area (Å²) in [4.78, 5) is 0. The molecule has 1 atom stereocenters. The molecule has 0 saturated carbocycles. The zero-order valence-electron chi connectivity index (χ0n) is 11.8. The first-order valence-electron chi connectivity index (χ1n) is 6.63. The highest BCUT2D eigenvalue weighted by atomic mass is 79.9. The minimum Gasteiger partial charge on any atom is -0.380 e. The van der Waals surface area contributed by atoms with Crippen molar-refractivity contribution in [3.05, 3.63) is 63.1 Å². The second-order valence-electron chi connectivity index (χ2n) is 4.74. The van der Waals surface area contributed by atoms with Gasteiger partial charge < -0.3 is 15.8 Å². The van der Waals surface area contributed by atoms with E-state index in [1.165, 1.54) is 0 Å². The van der Waals surface area contributed by atoms with Crippen LogP contribution in [0.1, 0.15) is 17.2 Å². The van der Waals surface area contributed by atoms with Crippen LogP contribution in [0.2, 0.25) is 5.02 Å². The summed E-state index contributed by atoms with van der Waals surface area (Å²) < 4.78 is 5.99. The molecular weight excluding hydrogens is 352 g/mol. The van der Waals surface area contributed by atoms with Gasteiger partial charge in [0.15, 0.2) is 0 Å². The molecule has 2 aromatic carbocycles. The van der Waals surface area contributed by atoms with Crippen LogP contribution in [0.4, 0.5) is 5.69 Å². The number of rotatable bonds is 6. The number of methoxy groups -OCH3 is 1. The van der Waals surface area contributed by atoms with Gasteiger partial charge in [0.1, 0.15) is 0 Å². The molecule has 5 heteroatoms. The Balaban J connectivity index is 2.13. The molecule has 3 N–H and O–H groups in total. The molecule has 21 heavy (non-hydrogen) atoms. The Kier molecular flexibility index (Phi) is 6.06. The molecule has 0 heterocycles. The first-order valence-corrected chi connectivity index (χ1v) is 7.80. The third-order valence-electron chi connectivity index (χ3n) is 3.19. The molecule has 0 aliphatic heterocycles. The van der Waals surface area contributed by atoms with Crippen LogP contribution in [-0.2, 0) is 11.3 Å². The lowest BCUT2D eigenvalue weighted by atomic mass is 10.0. The van der Waals surface area contributed by atoms with Gasteiger partial charge in [-0.1, -0.05) is 35.9 Å².